The molecule has 19 heavy (non-hydrogen) atoms. The Labute approximate surface area is 111 Å². The molecule has 0 saturated carbocycles. The summed E-state index contributed by atoms with van der Waals surface area (Å²) >= 11 is 0. The summed E-state index contributed by atoms with van der Waals surface area (Å²) in [7, 11) is 0. The molecule has 0 unspecified atom stereocenters. The van der Waals surface area contributed by atoms with E-state index in [0.717, 1.165) is 6.42 Å². The second kappa shape index (κ2) is 7.20. The Morgan fingerprint density at radius 2 is 2.05 bits per heavy atom. The van der Waals surface area contributed by atoms with Gasteiger partial charge in [0.1, 0.15) is 11.4 Å². The van der Waals surface area contributed by atoms with Crippen LogP contribution in [-0.4, -0.2) is 23.6 Å². The molecule has 1 rings (SSSR count). The predicted molar refractivity (Wildman–Crippen MR) is 71.7 cm³/mol. The molecule has 5 nitrogen and oxygen atoms in total. The van der Waals surface area contributed by atoms with Gasteiger partial charge in [-0.15, -0.1) is 0 Å². The molecule has 102 valence electrons. The van der Waals surface area contributed by atoms with Gasteiger partial charge in [0.15, 0.2) is 0 Å². The van der Waals surface area contributed by atoms with E-state index in [0.29, 0.717) is 17.9 Å². The Balaban J connectivity index is 3.05. The van der Waals surface area contributed by atoms with Crippen LogP contribution in [0.1, 0.15) is 25.8 Å². The minimum atomic E-state index is -1.19. The summed E-state index contributed by atoms with van der Waals surface area (Å²) in [6, 6.07) is 7.07. The zero-order valence-corrected chi connectivity index (χ0v) is 11.0. The van der Waals surface area contributed by atoms with Crippen molar-refractivity contribution in [2.45, 2.75) is 20.3 Å². The molecule has 1 amide bonds. The van der Waals surface area contributed by atoms with E-state index >= 15 is 0 Å². The van der Waals surface area contributed by atoms with E-state index in [1.165, 1.54) is 13.0 Å². The zero-order chi connectivity index (χ0) is 14.3. The van der Waals surface area contributed by atoms with Crippen LogP contribution in [0.5, 0.6) is 5.75 Å². The lowest BCUT2D eigenvalue weighted by atomic mass is 10.1. The Kier molecular flexibility index (Phi) is 5.60. The summed E-state index contributed by atoms with van der Waals surface area (Å²) in [6.07, 6.45) is 2.24. The number of carboxylic acids is 1. The Morgan fingerprint density at radius 3 is 2.63 bits per heavy atom. The van der Waals surface area contributed by atoms with E-state index in [9.17, 15) is 9.59 Å². The van der Waals surface area contributed by atoms with Gasteiger partial charge < -0.3 is 15.2 Å². The average Bonchev–Trinajstić information content (AvgIpc) is 2.36. The molecule has 0 aliphatic rings. The molecule has 1 aromatic rings. The molecular formula is C14H17NO4. The first-order valence-corrected chi connectivity index (χ1v) is 5.99. The van der Waals surface area contributed by atoms with Crippen molar-refractivity contribution in [3.05, 3.63) is 35.5 Å². The van der Waals surface area contributed by atoms with Crippen LogP contribution < -0.4 is 10.1 Å². The number of carbonyl (C=O) groups excluding carboxylic acids is 1. The van der Waals surface area contributed by atoms with Crippen molar-refractivity contribution < 1.29 is 19.4 Å². The fourth-order valence-corrected chi connectivity index (χ4v) is 1.44. The standard InChI is InChI=1S/C14H17NO4/c1-3-8-19-13-7-5-4-6-11(13)9-12(14(17)18)15-10(2)16/h4-7,9H,3,8H2,1-2H3,(H,15,16)(H,17,18)/b12-9-. The molecule has 0 aliphatic carbocycles. The number of benzene rings is 1. The number of para-hydroxylation sites is 1. The normalized spacial score (nSPS) is 10.9. The summed E-state index contributed by atoms with van der Waals surface area (Å²) < 4.78 is 5.52. The number of nitrogens with one attached hydrogen (secondary N) is 1. The van der Waals surface area contributed by atoms with Crippen molar-refractivity contribution in [3.63, 3.8) is 0 Å². The lowest BCUT2D eigenvalue weighted by Gasteiger charge is -2.09. The first-order chi connectivity index (χ1) is 9.04. The molecule has 2 N–H and O–H groups in total. The third kappa shape index (κ3) is 4.83. The van der Waals surface area contributed by atoms with Gasteiger partial charge in [-0.25, -0.2) is 4.79 Å². The Bertz CT molecular complexity index is 494. The molecule has 0 atom stereocenters. The van der Waals surface area contributed by atoms with Gasteiger partial charge in [0, 0.05) is 12.5 Å². The van der Waals surface area contributed by atoms with Crippen molar-refractivity contribution >= 4 is 18.0 Å². The molecular weight excluding hydrogens is 246 g/mol. The first kappa shape index (κ1) is 14.8. The van der Waals surface area contributed by atoms with Gasteiger partial charge in [-0.2, -0.15) is 0 Å². The highest BCUT2D eigenvalue weighted by molar-refractivity contribution is 5.96. The molecule has 0 radical (unpaired) electrons. The predicted octanol–water partition coefficient (Wildman–Crippen LogP) is 2.04. The van der Waals surface area contributed by atoms with Crippen molar-refractivity contribution in [2.24, 2.45) is 0 Å². The van der Waals surface area contributed by atoms with Gasteiger partial charge in [-0.3, -0.25) is 4.79 Å². The van der Waals surface area contributed by atoms with Crippen molar-refractivity contribution in [1.82, 2.24) is 5.32 Å². The number of carbonyl (C=O) groups is 2. The molecule has 0 bridgehead atoms. The lowest BCUT2D eigenvalue weighted by Crippen LogP contribution is -2.24. The fourth-order valence-electron chi connectivity index (χ4n) is 1.44. The first-order valence-electron chi connectivity index (χ1n) is 5.99. The Hall–Kier alpha value is -2.30. The highest BCUT2D eigenvalue weighted by Crippen LogP contribution is 2.20. The largest absolute Gasteiger partial charge is 0.493 e. The minimum absolute atomic E-state index is 0.181. The van der Waals surface area contributed by atoms with Crippen LogP contribution in [0.15, 0.2) is 30.0 Å². The second-order valence-electron chi connectivity index (χ2n) is 3.93. The Morgan fingerprint density at radius 1 is 1.37 bits per heavy atom. The summed E-state index contributed by atoms with van der Waals surface area (Å²) in [5, 5.41) is 11.3. The maximum absolute atomic E-state index is 11.0. The second-order valence-corrected chi connectivity index (χ2v) is 3.93. The molecule has 5 heteroatoms. The number of hydrogen-bond donors (Lipinski definition) is 2. The summed E-state index contributed by atoms with van der Waals surface area (Å²) in [5.74, 6) is -1.03. The quantitative estimate of drug-likeness (QED) is 0.770. The summed E-state index contributed by atoms with van der Waals surface area (Å²) in [5.41, 5.74) is 0.433. The van der Waals surface area contributed by atoms with Crippen molar-refractivity contribution in [1.29, 1.82) is 0 Å². The zero-order valence-electron chi connectivity index (χ0n) is 11.0. The number of aliphatic carboxylic acids is 1. The van der Waals surface area contributed by atoms with Crippen LogP contribution in [0.2, 0.25) is 0 Å². The summed E-state index contributed by atoms with van der Waals surface area (Å²) in [4.78, 5) is 22.0. The van der Waals surface area contributed by atoms with Gasteiger partial charge in [0.25, 0.3) is 0 Å². The summed E-state index contributed by atoms with van der Waals surface area (Å²) in [6.45, 7) is 3.79. The third-order valence-electron chi connectivity index (χ3n) is 2.22. The molecule has 0 saturated heterocycles. The van der Waals surface area contributed by atoms with Crippen LogP contribution in [0.25, 0.3) is 6.08 Å². The topological polar surface area (TPSA) is 75.6 Å². The van der Waals surface area contributed by atoms with Crippen molar-refractivity contribution in [2.75, 3.05) is 6.61 Å². The van der Waals surface area contributed by atoms with Crippen LogP contribution >= 0.6 is 0 Å². The van der Waals surface area contributed by atoms with E-state index in [-0.39, 0.29) is 5.70 Å². The molecule has 0 fully saturated rings. The van der Waals surface area contributed by atoms with Gasteiger partial charge >= 0.3 is 5.97 Å². The van der Waals surface area contributed by atoms with E-state index in [1.807, 2.05) is 6.92 Å². The van der Waals surface area contributed by atoms with E-state index in [4.69, 9.17) is 9.84 Å². The molecule has 0 heterocycles. The van der Waals surface area contributed by atoms with Crippen LogP contribution in [0.4, 0.5) is 0 Å². The average molecular weight is 263 g/mol. The molecule has 0 aliphatic heterocycles. The third-order valence-corrected chi connectivity index (χ3v) is 2.22. The maximum atomic E-state index is 11.0. The number of amides is 1. The van der Waals surface area contributed by atoms with Crippen LogP contribution in [0.3, 0.4) is 0 Å². The minimum Gasteiger partial charge on any atom is -0.493 e. The van der Waals surface area contributed by atoms with Gasteiger partial charge in [-0.05, 0) is 18.6 Å². The van der Waals surface area contributed by atoms with Crippen molar-refractivity contribution in [3.8, 4) is 5.75 Å². The van der Waals surface area contributed by atoms with Gasteiger partial charge in [0.2, 0.25) is 5.91 Å². The van der Waals surface area contributed by atoms with E-state index in [2.05, 4.69) is 5.32 Å². The monoisotopic (exact) mass is 263 g/mol. The van der Waals surface area contributed by atoms with E-state index in [1.54, 1.807) is 24.3 Å². The fraction of sp³-hybridized carbons (Fsp3) is 0.286. The molecule has 0 spiro atoms. The van der Waals surface area contributed by atoms with Crippen LogP contribution in [-0.2, 0) is 9.59 Å². The lowest BCUT2D eigenvalue weighted by molar-refractivity contribution is -0.134. The van der Waals surface area contributed by atoms with Gasteiger partial charge in [0.05, 0.1) is 6.61 Å². The number of carboxylic acid groups (broad SMARTS) is 1. The van der Waals surface area contributed by atoms with Gasteiger partial charge in [-0.1, -0.05) is 25.1 Å². The molecule has 1 aromatic carbocycles. The maximum Gasteiger partial charge on any atom is 0.352 e. The number of hydrogen-bond acceptors (Lipinski definition) is 3. The highest BCUT2D eigenvalue weighted by atomic mass is 16.5. The number of ether oxygens (including phenoxy) is 1. The SMILES string of the molecule is CCCOc1ccccc1/C=C(\NC(C)=O)C(=O)O. The number of rotatable bonds is 6. The smallest absolute Gasteiger partial charge is 0.352 e. The molecule has 0 aromatic heterocycles. The van der Waals surface area contributed by atoms with E-state index < -0.39 is 11.9 Å². The van der Waals surface area contributed by atoms with Crippen LogP contribution in [0, 0.1) is 0 Å². The highest BCUT2D eigenvalue weighted by Gasteiger charge is 2.10.